The van der Waals surface area contributed by atoms with Crippen molar-refractivity contribution in [3.63, 3.8) is 0 Å². The lowest BCUT2D eigenvalue weighted by molar-refractivity contribution is -0.189. The molecule has 2 aromatic carbocycles. The van der Waals surface area contributed by atoms with Gasteiger partial charge in [-0.05, 0) is 62.7 Å². The Balaban J connectivity index is 1.50. The molecule has 170 valence electrons. The van der Waals surface area contributed by atoms with Crippen molar-refractivity contribution in [2.75, 3.05) is 27.3 Å². The summed E-state index contributed by atoms with van der Waals surface area (Å²) in [6.45, 7) is 3.28. The van der Waals surface area contributed by atoms with Crippen LogP contribution in [0.15, 0.2) is 60.7 Å². The maximum atomic E-state index is 13.4. The third-order valence-corrected chi connectivity index (χ3v) is 8.40. The Morgan fingerprint density at radius 3 is 2.82 bits per heavy atom. The third-order valence-electron chi connectivity index (χ3n) is 8.40. The van der Waals surface area contributed by atoms with Gasteiger partial charge < -0.3 is 14.2 Å². The van der Waals surface area contributed by atoms with Crippen molar-refractivity contribution < 1.29 is 19.0 Å². The summed E-state index contributed by atoms with van der Waals surface area (Å²) in [5, 5.41) is 0. The molecule has 0 unspecified atom stereocenters. The number of rotatable bonds is 5. The Morgan fingerprint density at radius 2 is 2.03 bits per heavy atom. The highest BCUT2D eigenvalue weighted by Crippen LogP contribution is 2.68. The van der Waals surface area contributed by atoms with Gasteiger partial charge in [0.1, 0.15) is 5.60 Å². The predicted octanol–water partition coefficient (Wildman–Crippen LogP) is 3.95. The van der Waals surface area contributed by atoms with E-state index in [-0.39, 0.29) is 11.8 Å². The predicted molar refractivity (Wildman–Crippen MR) is 127 cm³/mol. The number of ketones is 1. The minimum absolute atomic E-state index is 0.00374. The Hall–Kier alpha value is -2.89. The maximum Gasteiger partial charge on any atom is 0.199 e. The molecule has 0 aromatic heterocycles. The van der Waals surface area contributed by atoms with Crippen molar-refractivity contribution in [1.29, 1.82) is 0 Å². The lowest BCUT2D eigenvalue weighted by Crippen LogP contribution is -2.79. The normalized spacial score (nSPS) is 33.8. The van der Waals surface area contributed by atoms with Crippen LogP contribution >= 0.6 is 0 Å². The molecule has 4 aliphatic rings. The van der Waals surface area contributed by atoms with Crippen LogP contribution in [0.2, 0.25) is 0 Å². The van der Waals surface area contributed by atoms with Gasteiger partial charge in [-0.1, -0.05) is 48.6 Å². The summed E-state index contributed by atoms with van der Waals surface area (Å²) < 4.78 is 19.2. The van der Waals surface area contributed by atoms with E-state index in [1.165, 1.54) is 5.56 Å². The quantitative estimate of drug-likeness (QED) is 0.700. The zero-order chi connectivity index (χ0) is 22.8. The van der Waals surface area contributed by atoms with Crippen LogP contribution in [-0.2, 0) is 21.4 Å². The second-order valence-electron chi connectivity index (χ2n) is 9.74. The van der Waals surface area contributed by atoms with E-state index in [0.29, 0.717) is 18.1 Å². The first-order valence-corrected chi connectivity index (χ1v) is 11.7. The lowest BCUT2D eigenvalue weighted by atomic mass is 9.47. The topological polar surface area (TPSA) is 48.0 Å². The average Bonchev–Trinajstić information content (AvgIpc) is 3.11. The monoisotopic (exact) mass is 443 g/mol. The van der Waals surface area contributed by atoms with Crippen molar-refractivity contribution in [2.24, 2.45) is 0 Å². The van der Waals surface area contributed by atoms with E-state index in [0.717, 1.165) is 30.5 Å². The van der Waals surface area contributed by atoms with E-state index in [1.807, 2.05) is 37.3 Å². The maximum absolute atomic E-state index is 13.4. The Bertz CT molecular complexity index is 1190. The summed E-state index contributed by atoms with van der Waals surface area (Å²) in [6, 6.07) is 14.4. The first kappa shape index (κ1) is 20.7. The van der Waals surface area contributed by atoms with Crippen LogP contribution < -0.4 is 9.47 Å². The van der Waals surface area contributed by atoms with E-state index in [2.05, 4.69) is 42.3 Å². The fourth-order valence-electron chi connectivity index (χ4n) is 6.86. The molecule has 2 aliphatic carbocycles. The van der Waals surface area contributed by atoms with E-state index in [9.17, 15) is 4.79 Å². The van der Waals surface area contributed by atoms with Crippen LogP contribution in [-0.4, -0.2) is 55.2 Å². The minimum Gasteiger partial charge on any atom is -0.493 e. The number of benzene rings is 2. The molecule has 0 saturated carbocycles. The number of likely N-dealkylation sites (N-methyl/N-ethyl adjacent to an activating group) is 1. The van der Waals surface area contributed by atoms with E-state index in [1.54, 1.807) is 13.2 Å². The molecule has 4 atom stereocenters. The molecule has 2 aromatic rings. The highest BCUT2D eigenvalue weighted by atomic mass is 16.5. The average molecular weight is 444 g/mol. The molecule has 1 spiro atoms. The van der Waals surface area contributed by atoms with Gasteiger partial charge in [-0.3, -0.25) is 9.69 Å². The third kappa shape index (κ3) is 2.47. The molecule has 2 bridgehead atoms. The highest BCUT2D eigenvalue weighted by Gasteiger charge is 2.77. The molecular formula is C28H29NO4. The number of ether oxygens (including phenoxy) is 3. The molecule has 2 aliphatic heterocycles. The van der Waals surface area contributed by atoms with E-state index >= 15 is 0 Å². The summed E-state index contributed by atoms with van der Waals surface area (Å²) in [5.74, 6) is 1.39. The standard InChI is InChI=1S/C28H29NO4/c1-26-23(30)13-14-28(32-17-7-10-19-8-5-4-6-9-19)22-18-20-11-12-21(31-3)25(33-26)24(20)27(26,28)15-16-29(22)2/h4-14,22H,15-18H2,1-3H3/b10-7+/t22-,26+,27+,28-/m1/s1. The number of likely N-dealkylation sites (tertiary alicyclic amines) is 1. The van der Waals surface area contributed by atoms with Crippen molar-refractivity contribution in [3.05, 3.63) is 77.4 Å². The lowest BCUT2D eigenvalue weighted by Gasteiger charge is -2.64. The number of carbonyl (C=O) groups is 1. The van der Waals surface area contributed by atoms with Crippen LogP contribution in [0.5, 0.6) is 11.5 Å². The summed E-state index contributed by atoms with van der Waals surface area (Å²) >= 11 is 0. The first-order chi connectivity index (χ1) is 16.0. The van der Waals surface area contributed by atoms with Crippen molar-refractivity contribution in [1.82, 2.24) is 4.90 Å². The molecule has 2 heterocycles. The van der Waals surface area contributed by atoms with Crippen molar-refractivity contribution in [2.45, 2.75) is 42.4 Å². The second kappa shape index (κ2) is 7.05. The Morgan fingerprint density at radius 1 is 1.21 bits per heavy atom. The molecule has 1 fully saturated rings. The molecule has 1 saturated heterocycles. The van der Waals surface area contributed by atoms with Gasteiger partial charge in [-0.25, -0.2) is 0 Å². The molecular weight excluding hydrogens is 414 g/mol. The van der Waals surface area contributed by atoms with Gasteiger partial charge in [0.2, 0.25) is 0 Å². The molecule has 0 amide bonds. The van der Waals surface area contributed by atoms with Gasteiger partial charge in [0.25, 0.3) is 0 Å². The van der Waals surface area contributed by atoms with Crippen LogP contribution in [0.4, 0.5) is 0 Å². The SMILES string of the molecule is COc1ccc2c3c1O[C@@]1(C)C(=O)C=C[C@@]4(OC/C=C/c5ccccc5)[C@@H](C2)N(C)CC[C@]314. The van der Waals surface area contributed by atoms with Gasteiger partial charge in [0.05, 0.1) is 19.1 Å². The fraction of sp³-hybridized carbons (Fsp3) is 0.393. The van der Waals surface area contributed by atoms with Crippen LogP contribution in [0, 0.1) is 0 Å². The van der Waals surface area contributed by atoms with Crippen molar-refractivity contribution >= 4 is 11.9 Å². The van der Waals surface area contributed by atoms with Gasteiger partial charge in [-0.2, -0.15) is 0 Å². The summed E-state index contributed by atoms with van der Waals surface area (Å²) in [5.41, 5.74) is 1.18. The number of piperidine rings is 1. The Labute approximate surface area is 194 Å². The van der Waals surface area contributed by atoms with Crippen LogP contribution in [0.25, 0.3) is 6.08 Å². The Kier molecular flexibility index (Phi) is 4.42. The van der Waals surface area contributed by atoms with E-state index < -0.39 is 16.6 Å². The van der Waals surface area contributed by atoms with Gasteiger partial charge in [0.15, 0.2) is 22.9 Å². The number of methoxy groups -OCH3 is 1. The van der Waals surface area contributed by atoms with E-state index in [4.69, 9.17) is 14.2 Å². The summed E-state index contributed by atoms with van der Waals surface area (Å²) in [7, 11) is 3.82. The number of hydrogen-bond acceptors (Lipinski definition) is 5. The smallest absolute Gasteiger partial charge is 0.199 e. The fourth-order valence-corrected chi connectivity index (χ4v) is 6.86. The van der Waals surface area contributed by atoms with Crippen molar-refractivity contribution in [3.8, 4) is 11.5 Å². The first-order valence-electron chi connectivity index (χ1n) is 11.7. The van der Waals surface area contributed by atoms with Gasteiger partial charge in [0, 0.05) is 11.6 Å². The van der Waals surface area contributed by atoms with Crippen LogP contribution in [0.3, 0.4) is 0 Å². The van der Waals surface area contributed by atoms with Crippen LogP contribution in [0.1, 0.15) is 30.0 Å². The molecule has 5 nitrogen and oxygen atoms in total. The molecule has 33 heavy (non-hydrogen) atoms. The van der Waals surface area contributed by atoms with Gasteiger partial charge >= 0.3 is 0 Å². The number of carbonyl (C=O) groups excluding carboxylic acids is 1. The zero-order valence-corrected chi connectivity index (χ0v) is 19.3. The number of nitrogens with zero attached hydrogens (tertiary/aromatic N) is 1. The largest absolute Gasteiger partial charge is 0.493 e. The highest BCUT2D eigenvalue weighted by molar-refractivity contribution is 6.02. The molecule has 6 rings (SSSR count). The summed E-state index contributed by atoms with van der Waals surface area (Å²) in [6.07, 6.45) is 9.49. The molecule has 0 radical (unpaired) electrons. The number of hydrogen-bond donors (Lipinski definition) is 0. The molecule has 0 N–H and O–H groups in total. The minimum atomic E-state index is -1.03. The zero-order valence-electron chi connectivity index (χ0n) is 19.3. The second-order valence-corrected chi connectivity index (χ2v) is 9.74. The van der Waals surface area contributed by atoms with Gasteiger partial charge in [-0.15, -0.1) is 0 Å². The molecule has 5 heteroatoms. The summed E-state index contributed by atoms with van der Waals surface area (Å²) in [4.78, 5) is 15.8.